The summed E-state index contributed by atoms with van der Waals surface area (Å²) in [7, 11) is 2.22. The minimum Gasteiger partial charge on any atom is -0.399 e. The Labute approximate surface area is 111 Å². The molecule has 1 saturated heterocycles. The Bertz CT molecular complexity index is 382. The fourth-order valence-corrected chi connectivity index (χ4v) is 2.89. The molecule has 2 N–H and O–H groups in total. The van der Waals surface area contributed by atoms with Crippen LogP contribution in [0, 0.1) is 6.92 Å². The maximum atomic E-state index is 5.98. The predicted octanol–water partition coefficient (Wildman–Crippen LogP) is 2.50. The van der Waals surface area contributed by atoms with Gasteiger partial charge in [-0.2, -0.15) is 0 Å². The molecule has 1 heterocycles. The average molecular weight is 247 g/mol. The summed E-state index contributed by atoms with van der Waals surface area (Å²) in [6, 6.07) is 7.00. The van der Waals surface area contributed by atoms with Gasteiger partial charge in [-0.05, 0) is 57.1 Å². The quantitative estimate of drug-likeness (QED) is 0.815. The summed E-state index contributed by atoms with van der Waals surface area (Å²) >= 11 is 0. The molecule has 100 valence electrons. The normalized spacial score (nSPS) is 21.9. The highest BCUT2D eigenvalue weighted by Crippen LogP contribution is 2.25. The van der Waals surface area contributed by atoms with E-state index in [1.165, 1.54) is 30.6 Å². The smallest absolute Gasteiger partial charge is 0.0414 e. The summed E-state index contributed by atoms with van der Waals surface area (Å²) in [6.07, 6.45) is 2.40. The zero-order chi connectivity index (χ0) is 13.1. The SMILES string of the molecule is CCC1CN(C)CCCN1c1cc(C)cc(N)c1. The van der Waals surface area contributed by atoms with Gasteiger partial charge in [-0.3, -0.25) is 0 Å². The second-order valence-corrected chi connectivity index (χ2v) is 5.47. The molecular formula is C15H25N3. The molecule has 3 nitrogen and oxygen atoms in total. The summed E-state index contributed by atoms with van der Waals surface area (Å²) in [5.41, 5.74) is 9.39. The van der Waals surface area contributed by atoms with Crippen LogP contribution in [0.3, 0.4) is 0 Å². The number of likely N-dealkylation sites (N-methyl/N-ethyl adjacent to an activating group) is 1. The van der Waals surface area contributed by atoms with E-state index in [4.69, 9.17) is 5.73 Å². The van der Waals surface area contributed by atoms with Crippen LogP contribution in [0.1, 0.15) is 25.3 Å². The molecule has 1 aromatic carbocycles. The third-order valence-electron chi connectivity index (χ3n) is 3.79. The molecule has 1 unspecified atom stereocenters. The zero-order valence-corrected chi connectivity index (χ0v) is 11.8. The fourth-order valence-electron chi connectivity index (χ4n) is 2.89. The van der Waals surface area contributed by atoms with Crippen molar-refractivity contribution in [2.45, 2.75) is 32.7 Å². The molecule has 1 atom stereocenters. The lowest BCUT2D eigenvalue weighted by Crippen LogP contribution is -2.39. The van der Waals surface area contributed by atoms with Crippen LogP contribution in [0.25, 0.3) is 0 Å². The summed E-state index contributed by atoms with van der Waals surface area (Å²) < 4.78 is 0. The monoisotopic (exact) mass is 247 g/mol. The number of rotatable bonds is 2. The summed E-state index contributed by atoms with van der Waals surface area (Å²) in [5, 5.41) is 0. The van der Waals surface area contributed by atoms with Crippen LogP contribution in [0.2, 0.25) is 0 Å². The lowest BCUT2D eigenvalue weighted by Gasteiger charge is -2.32. The average Bonchev–Trinajstić information content (AvgIpc) is 2.49. The maximum Gasteiger partial charge on any atom is 0.0414 e. The van der Waals surface area contributed by atoms with Crippen molar-refractivity contribution in [3.63, 3.8) is 0 Å². The van der Waals surface area contributed by atoms with E-state index < -0.39 is 0 Å². The molecule has 0 aromatic heterocycles. The van der Waals surface area contributed by atoms with Gasteiger partial charge >= 0.3 is 0 Å². The molecule has 18 heavy (non-hydrogen) atoms. The minimum atomic E-state index is 0.596. The van der Waals surface area contributed by atoms with Crippen LogP contribution in [-0.4, -0.2) is 37.6 Å². The molecule has 1 aliphatic heterocycles. The molecule has 0 spiro atoms. The summed E-state index contributed by atoms with van der Waals surface area (Å²) in [6.45, 7) is 7.85. The third-order valence-corrected chi connectivity index (χ3v) is 3.79. The van der Waals surface area contributed by atoms with E-state index in [-0.39, 0.29) is 0 Å². The Balaban J connectivity index is 2.28. The van der Waals surface area contributed by atoms with Crippen LogP contribution >= 0.6 is 0 Å². The Morgan fingerprint density at radius 3 is 2.72 bits per heavy atom. The number of nitrogens with two attached hydrogens (primary N) is 1. The molecule has 1 aromatic rings. The molecule has 0 saturated carbocycles. The van der Waals surface area contributed by atoms with Gasteiger partial charge in [0.15, 0.2) is 0 Å². The van der Waals surface area contributed by atoms with Crippen molar-refractivity contribution >= 4 is 11.4 Å². The van der Waals surface area contributed by atoms with Crippen molar-refractivity contribution in [2.24, 2.45) is 0 Å². The minimum absolute atomic E-state index is 0.596. The van der Waals surface area contributed by atoms with Crippen LogP contribution in [-0.2, 0) is 0 Å². The first kappa shape index (κ1) is 13.2. The molecule has 2 rings (SSSR count). The number of nitrogens with zero attached hydrogens (tertiary/aromatic N) is 2. The number of benzene rings is 1. The molecule has 0 radical (unpaired) electrons. The lowest BCUT2D eigenvalue weighted by molar-refractivity contribution is 0.328. The fraction of sp³-hybridized carbons (Fsp3) is 0.600. The van der Waals surface area contributed by atoms with Gasteiger partial charge in [0.1, 0.15) is 0 Å². The molecular weight excluding hydrogens is 222 g/mol. The Kier molecular flexibility index (Phi) is 4.12. The van der Waals surface area contributed by atoms with Gasteiger partial charge in [0, 0.05) is 30.5 Å². The van der Waals surface area contributed by atoms with E-state index in [0.29, 0.717) is 6.04 Å². The van der Waals surface area contributed by atoms with Crippen LogP contribution in [0.4, 0.5) is 11.4 Å². The molecule has 0 bridgehead atoms. The van der Waals surface area contributed by atoms with E-state index in [0.717, 1.165) is 18.8 Å². The first-order valence-electron chi connectivity index (χ1n) is 6.92. The Hall–Kier alpha value is -1.22. The van der Waals surface area contributed by atoms with Gasteiger partial charge in [0.05, 0.1) is 0 Å². The van der Waals surface area contributed by atoms with Crippen molar-refractivity contribution in [3.05, 3.63) is 23.8 Å². The van der Waals surface area contributed by atoms with E-state index >= 15 is 0 Å². The summed E-state index contributed by atoms with van der Waals surface area (Å²) in [5.74, 6) is 0. The first-order chi connectivity index (χ1) is 8.60. The van der Waals surface area contributed by atoms with E-state index in [2.05, 4.69) is 42.8 Å². The van der Waals surface area contributed by atoms with Gasteiger partial charge in [-0.15, -0.1) is 0 Å². The highest BCUT2D eigenvalue weighted by Gasteiger charge is 2.22. The number of anilines is 2. The van der Waals surface area contributed by atoms with E-state index in [1.807, 2.05) is 6.07 Å². The van der Waals surface area contributed by atoms with E-state index in [1.54, 1.807) is 0 Å². The number of nitrogen functional groups attached to an aromatic ring is 1. The van der Waals surface area contributed by atoms with Gasteiger partial charge in [-0.1, -0.05) is 6.92 Å². The standard InChI is InChI=1S/C15H25N3/c1-4-14-11-17(3)6-5-7-18(14)15-9-12(2)8-13(16)10-15/h8-10,14H,4-7,11,16H2,1-3H3. The number of aryl methyl sites for hydroxylation is 1. The molecule has 0 aliphatic carbocycles. The highest BCUT2D eigenvalue weighted by molar-refractivity contribution is 5.59. The molecule has 1 aliphatic rings. The van der Waals surface area contributed by atoms with Gasteiger partial charge in [-0.25, -0.2) is 0 Å². The first-order valence-corrected chi connectivity index (χ1v) is 6.92. The van der Waals surface area contributed by atoms with Gasteiger partial charge in [0.25, 0.3) is 0 Å². The number of hydrogen-bond donors (Lipinski definition) is 1. The Morgan fingerprint density at radius 2 is 2.06 bits per heavy atom. The van der Waals surface area contributed by atoms with Crippen molar-refractivity contribution in [2.75, 3.05) is 37.3 Å². The highest BCUT2D eigenvalue weighted by atomic mass is 15.2. The maximum absolute atomic E-state index is 5.98. The summed E-state index contributed by atoms with van der Waals surface area (Å²) in [4.78, 5) is 4.97. The van der Waals surface area contributed by atoms with Gasteiger partial charge in [0.2, 0.25) is 0 Å². The second-order valence-electron chi connectivity index (χ2n) is 5.47. The zero-order valence-electron chi connectivity index (χ0n) is 11.8. The van der Waals surface area contributed by atoms with Crippen molar-refractivity contribution in [1.82, 2.24) is 4.90 Å². The lowest BCUT2D eigenvalue weighted by atomic mass is 10.1. The molecule has 3 heteroatoms. The van der Waals surface area contributed by atoms with E-state index in [9.17, 15) is 0 Å². The second kappa shape index (κ2) is 5.61. The van der Waals surface area contributed by atoms with Crippen molar-refractivity contribution in [3.8, 4) is 0 Å². The van der Waals surface area contributed by atoms with Gasteiger partial charge < -0.3 is 15.5 Å². The third kappa shape index (κ3) is 2.96. The van der Waals surface area contributed by atoms with Crippen LogP contribution in [0.15, 0.2) is 18.2 Å². The van der Waals surface area contributed by atoms with Crippen molar-refractivity contribution < 1.29 is 0 Å². The van der Waals surface area contributed by atoms with Crippen LogP contribution < -0.4 is 10.6 Å². The predicted molar refractivity (Wildman–Crippen MR) is 79.1 cm³/mol. The van der Waals surface area contributed by atoms with Crippen LogP contribution in [0.5, 0.6) is 0 Å². The topological polar surface area (TPSA) is 32.5 Å². The molecule has 0 amide bonds. The largest absolute Gasteiger partial charge is 0.399 e. The molecule has 1 fully saturated rings. The Morgan fingerprint density at radius 1 is 1.28 bits per heavy atom. The number of hydrogen-bond acceptors (Lipinski definition) is 3. The van der Waals surface area contributed by atoms with Crippen molar-refractivity contribution in [1.29, 1.82) is 0 Å².